The lowest BCUT2D eigenvalue weighted by Gasteiger charge is -2.14. The molecule has 2 N–H and O–H groups in total. The van der Waals surface area contributed by atoms with Crippen LogP contribution < -0.4 is 5.32 Å². The second kappa shape index (κ2) is 6.02. The van der Waals surface area contributed by atoms with Crippen LogP contribution in [-0.4, -0.2) is 47.1 Å². The predicted molar refractivity (Wildman–Crippen MR) is 74.6 cm³/mol. The SMILES string of the molecule is CCN1CCC(CNc2cc(C(=O)O)cc(C)n2)C1. The van der Waals surface area contributed by atoms with Gasteiger partial charge in [0.1, 0.15) is 5.82 Å². The number of hydrogen-bond donors (Lipinski definition) is 2. The fourth-order valence-corrected chi connectivity index (χ4v) is 2.50. The lowest BCUT2D eigenvalue weighted by Crippen LogP contribution is -2.22. The van der Waals surface area contributed by atoms with Crippen molar-refractivity contribution in [3.8, 4) is 0 Å². The summed E-state index contributed by atoms with van der Waals surface area (Å²) >= 11 is 0. The van der Waals surface area contributed by atoms with Gasteiger partial charge in [-0.15, -0.1) is 0 Å². The van der Waals surface area contributed by atoms with Gasteiger partial charge in [0.25, 0.3) is 0 Å². The Hall–Kier alpha value is -1.62. The summed E-state index contributed by atoms with van der Waals surface area (Å²) < 4.78 is 0. The number of pyridine rings is 1. The number of nitrogens with one attached hydrogen (secondary N) is 1. The third kappa shape index (κ3) is 3.67. The largest absolute Gasteiger partial charge is 0.478 e. The number of carbonyl (C=O) groups is 1. The van der Waals surface area contributed by atoms with E-state index in [-0.39, 0.29) is 5.56 Å². The Bertz CT molecular complexity index is 462. The lowest BCUT2D eigenvalue weighted by molar-refractivity contribution is 0.0696. The highest BCUT2D eigenvalue weighted by atomic mass is 16.4. The molecule has 0 aliphatic carbocycles. The van der Waals surface area contributed by atoms with Crippen molar-refractivity contribution in [1.82, 2.24) is 9.88 Å². The van der Waals surface area contributed by atoms with Gasteiger partial charge in [-0.2, -0.15) is 0 Å². The smallest absolute Gasteiger partial charge is 0.335 e. The van der Waals surface area contributed by atoms with Crippen molar-refractivity contribution in [2.45, 2.75) is 20.3 Å². The van der Waals surface area contributed by atoms with Crippen molar-refractivity contribution in [3.05, 3.63) is 23.4 Å². The minimum absolute atomic E-state index is 0.289. The molecule has 1 fully saturated rings. The van der Waals surface area contributed by atoms with Gasteiger partial charge in [0.15, 0.2) is 0 Å². The van der Waals surface area contributed by atoms with E-state index in [9.17, 15) is 4.79 Å². The molecule has 19 heavy (non-hydrogen) atoms. The van der Waals surface area contributed by atoms with Gasteiger partial charge >= 0.3 is 5.97 Å². The zero-order chi connectivity index (χ0) is 13.8. The van der Waals surface area contributed by atoms with Gasteiger partial charge in [0, 0.05) is 18.8 Å². The maximum absolute atomic E-state index is 11.0. The van der Waals surface area contributed by atoms with Crippen LogP contribution in [0.5, 0.6) is 0 Å². The van der Waals surface area contributed by atoms with Crippen LogP contribution in [0.4, 0.5) is 5.82 Å². The molecule has 0 aromatic carbocycles. The molecule has 1 aliphatic heterocycles. The number of anilines is 1. The highest BCUT2D eigenvalue weighted by Gasteiger charge is 2.20. The van der Waals surface area contributed by atoms with Gasteiger partial charge < -0.3 is 15.3 Å². The number of hydrogen-bond acceptors (Lipinski definition) is 4. The molecule has 1 atom stereocenters. The van der Waals surface area contributed by atoms with E-state index in [0.29, 0.717) is 11.7 Å². The fourth-order valence-electron chi connectivity index (χ4n) is 2.50. The number of aromatic nitrogens is 1. The first-order valence-corrected chi connectivity index (χ1v) is 6.76. The number of aryl methyl sites for hydroxylation is 1. The average molecular weight is 263 g/mol. The van der Waals surface area contributed by atoms with E-state index >= 15 is 0 Å². The molecule has 1 saturated heterocycles. The highest BCUT2D eigenvalue weighted by Crippen LogP contribution is 2.17. The molecule has 1 aliphatic rings. The van der Waals surface area contributed by atoms with Crippen molar-refractivity contribution in [2.75, 3.05) is 31.5 Å². The quantitative estimate of drug-likeness (QED) is 0.848. The van der Waals surface area contributed by atoms with E-state index in [4.69, 9.17) is 5.11 Å². The zero-order valence-electron chi connectivity index (χ0n) is 11.5. The molecule has 5 heteroatoms. The second-order valence-electron chi connectivity index (χ2n) is 5.12. The third-order valence-electron chi connectivity index (χ3n) is 3.59. The van der Waals surface area contributed by atoms with Crippen LogP contribution in [0.2, 0.25) is 0 Å². The highest BCUT2D eigenvalue weighted by molar-refractivity contribution is 5.88. The summed E-state index contributed by atoms with van der Waals surface area (Å²) in [6, 6.07) is 3.18. The summed E-state index contributed by atoms with van der Waals surface area (Å²) in [5.41, 5.74) is 1.01. The van der Waals surface area contributed by atoms with Crippen LogP contribution in [0.1, 0.15) is 29.4 Å². The molecule has 104 valence electrons. The maximum atomic E-state index is 11.0. The number of carboxylic acids is 1. The standard InChI is InChI=1S/C14H21N3O2/c1-3-17-5-4-11(9-17)8-15-13-7-12(14(18)19)6-10(2)16-13/h6-7,11H,3-5,8-9H2,1-2H3,(H,15,16)(H,18,19). The van der Waals surface area contributed by atoms with Crippen molar-refractivity contribution < 1.29 is 9.90 Å². The molecule has 5 nitrogen and oxygen atoms in total. The molecule has 2 heterocycles. The molecule has 2 rings (SSSR count). The van der Waals surface area contributed by atoms with Crippen molar-refractivity contribution in [2.24, 2.45) is 5.92 Å². The molecule has 0 spiro atoms. The van der Waals surface area contributed by atoms with Gasteiger partial charge in [0.05, 0.1) is 5.56 Å². The van der Waals surface area contributed by atoms with Gasteiger partial charge in [-0.25, -0.2) is 9.78 Å². The monoisotopic (exact) mass is 263 g/mol. The summed E-state index contributed by atoms with van der Waals surface area (Å²) in [5.74, 6) is 0.370. The normalized spacial score (nSPS) is 19.6. The van der Waals surface area contributed by atoms with Crippen molar-refractivity contribution >= 4 is 11.8 Å². The van der Waals surface area contributed by atoms with E-state index in [1.807, 2.05) is 6.92 Å². The minimum Gasteiger partial charge on any atom is -0.478 e. The van der Waals surface area contributed by atoms with Crippen LogP contribution in [0.15, 0.2) is 12.1 Å². The number of rotatable bonds is 5. The molecule has 0 radical (unpaired) electrons. The Morgan fingerprint density at radius 1 is 1.58 bits per heavy atom. The molecule has 1 aromatic rings. The summed E-state index contributed by atoms with van der Waals surface area (Å²) in [4.78, 5) is 17.7. The molecule has 1 unspecified atom stereocenters. The summed E-state index contributed by atoms with van der Waals surface area (Å²) in [5, 5.41) is 12.3. The Morgan fingerprint density at radius 2 is 2.37 bits per heavy atom. The topological polar surface area (TPSA) is 65.5 Å². The van der Waals surface area contributed by atoms with Gasteiger partial charge in [-0.1, -0.05) is 6.92 Å². The molecule has 0 amide bonds. The van der Waals surface area contributed by atoms with E-state index in [1.54, 1.807) is 12.1 Å². The first-order valence-electron chi connectivity index (χ1n) is 6.76. The van der Waals surface area contributed by atoms with E-state index < -0.39 is 5.97 Å². The molecular formula is C14H21N3O2. The Balaban J connectivity index is 1.94. The van der Waals surface area contributed by atoms with Crippen molar-refractivity contribution in [1.29, 1.82) is 0 Å². The number of nitrogens with zero attached hydrogens (tertiary/aromatic N) is 2. The molecule has 0 bridgehead atoms. The molecule has 1 aromatic heterocycles. The van der Waals surface area contributed by atoms with Crippen LogP contribution in [0.3, 0.4) is 0 Å². The maximum Gasteiger partial charge on any atom is 0.335 e. The number of carboxylic acid groups (broad SMARTS) is 1. The van der Waals surface area contributed by atoms with Crippen molar-refractivity contribution in [3.63, 3.8) is 0 Å². The molecule has 0 saturated carbocycles. The van der Waals surface area contributed by atoms with E-state index in [2.05, 4.69) is 22.1 Å². The lowest BCUT2D eigenvalue weighted by atomic mass is 10.1. The first kappa shape index (κ1) is 13.8. The average Bonchev–Trinajstić information content (AvgIpc) is 2.83. The zero-order valence-corrected chi connectivity index (χ0v) is 11.5. The van der Waals surface area contributed by atoms with Crippen LogP contribution in [0.25, 0.3) is 0 Å². The summed E-state index contributed by atoms with van der Waals surface area (Å²) in [6.45, 7) is 8.21. The Labute approximate surface area is 113 Å². The second-order valence-corrected chi connectivity index (χ2v) is 5.12. The fraction of sp³-hybridized carbons (Fsp3) is 0.571. The molecular weight excluding hydrogens is 242 g/mol. The van der Waals surface area contributed by atoms with Gasteiger partial charge in [-0.05, 0) is 44.5 Å². The van der Waals surface area contributed by atoms with Crippen LogP contribution in [-0.2, 0) is 0 Å². The Kier molecular flexibility index (Phi) is 4.37. The number of likely N-dealkylation sites (tertiary alicyclic amines) is 1. The van der Waals surface area contributed by atoms with Crippen LogP contribution in [0, 0.1) is 12.8 Å². The van der Waals surface area contributed by atoms with E-state index in [1.165, 1.54) is 6.42 Å². The Morgan fingerprint density at radius 3 is 3.00 bits per heavy atom. The number of aromatic carboxylic acids is 1. The van der Waals surface area contributed by atoms with Gasteiger partial charge in [-0.3, -0.25) is 0 Å². The summed E-state index contributed by atoms with van der Waals surface area (Å²) in [6.07, 6.45) is 1.19. The van der Waals surface area contributed by atoms with Crippen LogP contribution >= 0.6 is 0 Å². The predicted octanol–water partition coefficient (Wildman–Crippen LogP) is 1.84. The minimum atomic E-state index is -0.911. The summed E-state index contributed by atoms with van der Waals surface area (Å²) in [7, 11) is 0. The van der Waals surface area contributed by atoms with Gasteiger partial charge in [0.2, 0.25) is 0 Å². The third-order valence-corrected chi connectivity index (χ3v) is 3.59. The van der Waals surface area contributed by atoms with E-state index in [0.717, 1.165) is 31.9 Å². The first-order chi connectivity index (χ1) is 9.08.